The maximum atomic E-state index is 13.1. The number of hydrogen-bond acceptors (Lipinski definition) is 6. The number of ether oxygens (including phenoxy) is 2. The third-order valence-corrected chi connectivity index (χ3v) is 4.22. The lowest BCUT2D eigenvalue weighted by Crippen LogP contribution is -2.39. The zero-order valence-corrected chi connectivity index (χ0v) is 14.0. The highest BCUT2D eigenvalue weighted by Gasteiger charge is 2.35. The maximum Gasteiger partial charge on any atom is 0.271 e. The van der Waals surface area contributed by atoms with Crippen molar-refractivity contribution in [1.82, 2.24) is 0 Å². The lowest BCUT2D eigenvalue weighted by Gasteiger charge is -2.20. The van der Waals surface area contributed by atoms with Gasteiger partial charge in [0.2, 0.25) is 12.7 Å². The number of nitrogens with zero attached hydrogens (tertiary/aromatic N) is 2. The number of rotatable bonds is 4. The van der Waals surface area contributed by atoms with Gasteiger partial charge in [0, 0.05) is 18.2 Å². The van der Waals surface area contributed by atoms with Gasteiger partial charge in [0.25, 0.3) is 5.91 Å². The molecule has 0 radical (unpaired) electrons. The largest absolute Gasteiger partial charge is 0.454 e. The van der Waals surface area contributed by atoms with E-state index in [-0.39, 0.29) is 18.9 Å². The second-order valence-electron chi connectivity index (χ2n) is 6.01. The zero-order valence-electron chi connectivity index (χ0n) is 14.0. The molecule has 4 rings (SSSR count). The summed E-state index contributed by atoms with van der Waals surface area (Å²) in [6.45, 7) is 0.131. The molecule has 1 atom stereocenters. The second kappa shape index (κ2) is 6.60. The first-order chi connectivity index (χ1) is 13.0. The van der Waals surface area contributed by atoms with Crippen molar-refractivity contribution in [3.63, 3.8) is 0 Å². The molecular weight excluding hydrogens is 355 g/mol. The highest BCUT2D eigenvalue weighted by Crippen LogP contribution is 2.34. The fourth-order valence-corrected chi connectivity index (χ4v) is 2.88. The van der Waals surface area contributed by atoms with Crippen LogP contribution in [-0.2, 0) is 9.59 Å². The lowest BCUT2D eigenvalue weighted by molar-refractivity contribution is -0.119. The van der Waals surface area contributed by atoms with Crippen molar-refractivity contribution in [2.45, 2.75) is 12.5 Å². The molecule has 9 heteroatoms. The molecule has 2 aromatic carbocycles. The van der Waals surface area contributed by atoms with Crippen LogP contribution in [0.3, 0.4) is 0 Å². The van der Waals surface area contributed by atoms with Crippen LogP contribution in [0.5, 0.6) is 11.5 Å². The molecule has 2 aliphatic heterocycles. The van der Waals surface area contributed by atoms with E-state index in [4.69, 9.17) is 15.2 Å². The number of amides is 2. The number of carbonyl (C=O) groups excluding carboxylic acids is 2. The summed E-state index contributed by atoms with van der Waals surface area (Å²) in [4.78, 5) is 24.3. The third-order valence-electron chi connectivity index (χ3n) is 4.22. The molecule has 0 fully saturated rings. The smallest absolute Gasteiger partial charge is 0.271 e. The highest BCUT2D eigenvalue weighted by molar-refractivity contribution is 6.44. The Hall–Kier alpha value is -3.62. The van der Waals surface area contributed by atoms with Crippen molar-refractivity contribution in [3.8, 4) is 11.5 Å². The molecule has 2 aromatic rings. The minimum atomic E-state index is -0.826. The number of fused-ring (bicyclic) bond motifs is 1. The summed E-state index contributed by atoms with van der Waals surface area (Å²) >= 11 is 0. The van der Waals surface area contributed by atoms with Gasteiger partial charge in [-0.25, -0.2) is 4.39 Å². The van der Waals surface area contributed by atoms with Gasteiger partial charge in [-0.15, -0.1) is 0 Å². The number of carbonyl (C=O) groups is 2. The Bertz CT molecular complexity index is 945. The molecular formula is C18H15FN4O4. The Morgan fingerprint density at radius 3 is 2.63 bits per heavy atom. The summed E-state index contributed by atoms with van der Waals surface area (Å²) in [6, 6.07) is 9.59. The zero-order chi connectivity index (χ0) is 19.0. The molecule has 138 valence electrons. The maximum absolute atomic E-state index is 13.1. The number of benzene rings is 2. The summed E-state index contributed by atoms with van der Waals surface area (Å²) in [7, 11) is 0. The van der Waals surface area contributed by atoms with Crippen LogP contribution in [0.15, 0.2) is 47.6 Å². The number of nitrogens with two attached hydrogens (primary N) is 1. The average Bonchev–Trinajstić information content (AvgIpc) is 3.29. The third kappa shape index (κ3) is 3.26. The summed E-state index contributed by atoms with van der Waals surface area (Å²) < 4.78 is 23.6. The van der Waals surface area contributed by atoms with Crippen molar-refractivity contribution >= 4 is 28.9 Å². The van der Waals surface area contributed by atoms with Crippen molar-refractivity contribution in [1.29, 1.82) is 0 Å². The van der Waals surface area contributed by atoms with Gasteiger partial charge in [-0.05, 0) is 36.4 Å². The molecule has 0 spiro atoms. The van der Waals surface area contributed by atoms with Crippen LogP contribution in [0.4, 0.5) is 15.8 Å². The first-order valence-corrected chi connectivity index (χ1v) is 8.14. The highest BCUT2D eigenvalue weighted by atomic mass is 19.1. The first-order valence-electron chi connectivity index (χ1n) is 8.14. The van der Waals surface area contributed by atoms with Crippen molar-refractivity contribution in [3.05, 3.63) is 48.3 Å². The van der Waals surface area contributed by atoms with Gasteiger partial charge in [0.05, 0.1) is 5.69 Å². The predicted molar refractivity (Wildman–Crippen MR) is 95.1 cm³/mol. The Labute approximate surface area is 153 Å². The molecule has 0 bridgehead atoms. The molecule has 8 nitrogen and oxygen atoms in total. The van der Waals surface area contributed by atoms with Crippen LogP contribution in [0.1, 0.15) is 6.42 Å². The van der Waals surface area contributed by atoms with Crippen LogP contribution in [0.2, 0.25) is 0 Å². The van der Waals surface area contributed by atoms with Crippen molar-refractivity contribution < 1.29 is 23.5 Å². The summed E-state index contributed by atoms with van der Waals surface area (Å²) in [5.41, 5.74) is 6.55. The minimum Gasteiger partial charge on any atom is -0.454 e. The van der Waals surface area contributed by atoms with Crippen LogP contribution in [-0.4, -0.2) is 30.4 Å². The Morgan fingerprint density at radius 1 is 1.15 bits per heavy atom. The Morgan fingerprint density at radius 2 is 1.89 bits per heavy atom. The van der Waals surface area contributed by atoms with Crippen LogP contribution >= 0.6 is 0 Å². The summed E-state index contributed by atoms with van der Waals surface area (Å²) in [6.07, 6.45) is 0.0447. The molecule has 2 heterocycles. The SMILES string of the molecule is NC(=O)C1CC(C(=O)Nc2ccc3c(c2)OCO3)=NN1c1ccc(F)cc1. The topological polar surface area (TPSA) is 106 Å². The fraction of sp³-hybridized carbons (Fsp3) is 0.167. The van der Waals surface area contributed by atoms with Crippen molar-refractivity contribution in [2.24, 2.45) is 10.8 Å². The average molecular weight is 370 g/mol. The summed E-state index contributed by atoms with van der Waals surface area (Å²) in [5, 5.41) is 8.26. The number of halogens is 1. The molecule has 0 saturated carbocycles. The van der Waals surface area contributed by atoms with E-state index < -0.39 is 23.7 Å². The van der Waals surface area contributed by atoms with Crippen LogP contribution in [0, 0.1) is 5.82 Å². The predicted octanol–water partition coefficient (Wildman–Crippen LogP) is 1.61. The Kier molecular flexibility index (Phi) is 4.11. The number of anilines is 2. The first kappa shape index (κ1) is 16.8. The van der Waals surface area contributed by atoms with Crippen molar-refractivity contribution in [2.75, 3.05) is 17.1 Å². The standard InChI is InChI=1S/C18H15FN4O4/c19-10-1-4-12(5-2-10)23-14(17(20)24)8-13(22-23)18(25)21-11-3-6-15-16(7-11)27-9-26-15/h1-7,14H,8-9H2,(H2,20,24)(H,21,25). The number of nitrogens with one attached hydrogen (secondary N) is 1. The molecule has 0 aromatic heterocycles. The quantitative estimate of drug-likeness (QED) is 0.851. The normalized spacial score (nSPS) is 17.6. The van der Waals surface area contributed by atoms with Gasteiger partial charge in [-0.3, -0.25) is 14.6 Å². The van der Waals surface area contributed by atoms with Gasteiger partial charge in [0.15, 0.2) is 11.5 Å². The van der Waals surface area contributed by atoms with E-state index in [1.54, 1.807) is 18.2 Å². The number of hydrogen-bond donors (Lipinski definition) is 2. The van der Waals surface area contributed by atoms with E-state index in [2.05, 4.69) is 10.4 Å². The van der Waals surface area contributed by atoms with E-state index in [9.17, 15) is 14.0 Å². The van der Waals surface area contributed by atoms with Gasteiger partial charge in [-0.1, -0.05) is 0 Å². The Balaban J connectivity index is 1.55. The molecule has 2 amide bonds. The molecule has 3 N–H and O–H groups in total. The van der Waals surface area contributed by atoms with E-state index in [0.717, 1.165) is 0 Å². The van der Waals surface area contributed by atoms with E-state index >= 15 is 0 Å². The van der Waals surface area contributed by atoms with Crippen LogP contribution in [0.25, 0.3) is 0 Å². The van der Waals surface area contributed by atoms with E-state index in [0.29, 0.717) is 22.9 Å². The van der Waals surface area contributed by atoms with E-state index in [1.807, 2.05) is 0 Å². The minimum absolute atomic E-state index is 0.0447. The van der Waals surface area contributed by atoms with Gasteiger partial charge in [0.1, 0.15) is 17.6 Å². The van der Waals surface area contributed by atoms with Gasteiger partial charge < -0.3 is 20.5 Å². The number of hydrazone groups is 1. The molecule has 27 heavy (non-hydrogen) atoms. The van der Waals surface area contributed by atoms with Crippen LogP contribution < -0.4 is 25.5 Å². The molecule has 0 saturated heterocycles. The van der Waals surface area contributed by atoms with Gasteiger partial charge >= 0.3 is 0 Å². The second-order valence-corrected chi connectivity index (χ2v) is 6.01. The number of primary amides is 1. The summed E-state index contributed by atoms with van der Waals surface area (Å²) in [5.74, 6) is -0.386. The van der Waals surface area contributed by atoms with E-state index in [1.165, 1.54) is 29.3 Å². The molecule has 0 aliphatic carbocycles. The van der Waals surface area contributed by atoms with Gasteiger partial charge in [-0.2, -0.15) is 5.10 Å². The monoisotopic (exact) mass is 370 g/mol. The lowest BCUT2D eigenvalue weighted by atomic mass is 10.1. The molecule has 1 unspecified atom stereocenters. The fourth-order valence-electron chi connectivity index (χ4n) is 2.88. The molecule has 2 aliphatic rings.